The van der Waals surface area contributed by atoms with Crippen LogP contribution >= 0.6 is 0 Å². The molecule has 1 aliphatic rings. The van der Waals surface area contributed by atoms with Crippen molar-refractivity contribution in [2.45, 2.75) is 26.0 Å². The minimum absolute atomic E-state index is 0.0378. The minimum Gasteiger partial charge on any atom is -0.387 e. The molecule has 2 N–H and O–H groups in total. The summed E-state index contributed by atoms with van der Waals surface area (Å²) in [6.45, 7) is 4.99. The second-order valence-electron chi connectivity index (χ2n) is 4.28. The van der Waals surface area contributed by atoms with Gasteiger partial charge >= 0.3 is 0 Å². The Kier molecular flexibility index (Phi) is 3.28. The minimum atomic E-state index is -0.564. The van der Waals surface area contributed by atoms with Gasteiger partial charge in [0.25, 0.3) is 0 Å². The molecule has 1 amide bonds. The summed E-state index contributed by atoms with van der Waals surface area (Å²) in [7, 11) is 0. The Morgan fingerprint density at radius 2 is 2.35 bits per heavy atom. The molecule has 1 unspecified atom stereocenters. The van der Waals surface area contributed by atoms with E-state index in [1.807, 2.05) is 17.9 Å². The zero-order chi connectivity index (χ0) is 12.4. The molecule has 1 saturated heterocycles. The number of nitrogens with zero attached hydrogens (tertiary/aromatic N) is 2. The van der Waals surface area contributed by atoms with Gasteiger partial charge in [0.1, 0.15) is 6.04 Å². The average molecular weight is 235 g/mol. The summed E-state index contributed by atoms with van der Waals surface area (Å²) in [4.78, 5) is 17.7. The number of hydrogen-bond donors (Lipinski definition) is 2. The van der Waals surface area contributed by atoms with E-state index in [1.54, 1.807) is 19.2 Å². The summed E-state index contributed by atoms with van der Waals surface area (Å²) in [6.07, 6.45) is 1.14. The summed E-state index contributed by atoms with van der Waals surface area (Å²) in [5.41, 5.74) is 1.56. The average Bonchev–Trinajstić information content (AvgIpc) is 2.33. The fourth-order valence-corrected chi connectivity index (χ4v) is 1.95. The molecule has 5 heteroatoms. The van der Waals surface area contributed by atoms with E-state index in [1.165, 1.54) is 0 Å². The van der Waals surface area contributed by atoms with Gasteiger partial charge in [-0.3, -0.25) is 9.78 Å². The molecule has 1 aromatic heterocycles. The molecule has 0 radical (unpaired) electrons. The summed E-state index contributed by atoms with van der Waals surface area (Å²) < 4.78 is 0. The normalized spacial score (nSPS) is 22.2. The van der Waals surface area contributed by atoms with Crippen LogP contribution in [0.15, 0.2) is 18.3 Å². The second-order valence-corrected chi connectivity index (χ2v) is 4.28. The number of amides is 1. The van der Waals surface area contributed by atoms with Gasteiger partial charge in [-0.1, -0.05) is 0 Å². The maximum Gasteiger partial charge on any atom is 0.242 e. The summed E-state index contributed by atoms with van der Waals surface area (Å²) in [5.74, 6) is 0.0378. The van der Waals surface area contributed by atoms with Gasteiger partial charge in [0.05, 0.1) is 23.7 Å². The van der Waals surface area contributed by atoms with Crippen LogP contribution in [0.3, 0.4) is 0 Å². The van der Waals surface area contributed by atoms with Crippen LogP contribution in [0.4, 0.5) is 5.69 Å². The van der Waals surface area contributed by atoms with Crippen molar-refractivity contribution in [3.8, 4) is 0 Å². The molecule has 0 spiro atoms. The Morgan fingerprint density at radius 3 is 2.94 bits per heavy atom. The highest BCUT2D eigenvalue weighted by molar-refractivity contribution is 5.86. The Morgan fingerprint density at radius 1 is 1.59 bits per heavy atom. The van der Waals surface area contributed by atoms with Crippen LogP contribution in [-0.2, 0) is 4.79 Å². The predicted octanol–water partition coefficient (Wildman–Crippen LogP) is 0.460. The molecule has 2 rings (SSSR count). The van der Waals surface area contributed by atoms with E-state index >= 15 is 0 Å². The van der Waals surface area contributed by atoms with Crippen molar-refractivity contribution in [3.63, 3.8) is 0 Å². The lowest BCUT2D eigenvalue weighted by atomic mass is 10.1. The van der Waals surface area contributed by atoms with E-state index in [0.717, 1.165) is 12.2 Å². The van der Waals surface area contributed by atoms with Gasteiger partial charge in [-0.15, -0.1) is 0 Å². The number of aliphatic hydroxyl groups excluding tert-OH is 1. The highest BCUT2D eigenvalue weighted by Crippen LogP contribution is 2.19. The lowest BCUT2D eigenvalue weighted by Gasteiger charge is -2.34. The Hall–Kier alpha value is -1.62. The number of carbonyl (C=O) groups is 1. The fourth-order valence-electron chi connectivity index (χ4n) is 1.95. The first-order valence-electron chi connectivity index (χ1n) is 5.78. The van der Waals surface area contributed by atoms with Crippen molar-refractivity contribution in [3.05, 3.63) is 24.0 Å². The number of pyridine rings is 1. The molecular weight excluding hydrogens is 218 g/mol. The predicted molar refractivity (Wildman–Crippen MR) is 64.7 cm³/mol. The fraction of sp³-hybridized carbons (Fsp3) is 0.500. The number of rotatable bonds is 2. The first-order valence-corrected chi connectivity index (χ1v) is 5.78. The van der Waals surface area contributed by atoms with Crippen molar-refractivity contribution in [1.29, 1.82) is 0 Å². The van der Waals surface area contributed by atoms with Crippen LogP contribution in [0.5, 0.6) is 0 Å². The maximum atomic E-state index is 11.5. The summed E-state index contributed by atoms with van der Waals surface area (Å²) in [6, 6.07) is 3.51. The third-order valence-electron chi connectivity index (χ3n) is 3.03. The van der Waals surface area contributed by atoms with E-state index in [0.29, 0.717) is 12.2 Å². The molecule has 17 heavy (non-hydrogen) atoms. The standard InChI is InChI=1S/C12H17N3O2/c1-8-12(17)13-5-6-15(8)10-3-4-11(9(2)16)14-7-10/h3-4,7-9,16H,5-6H2,1-2H3,(H,13,17)/t8?,9-/m0/s1. The molecule has 0 saturated carbocycles. The summed E-state index contributed by atoms with van der Waals surface area (Å²) >= 11 is 0. The lowest BCUT2D eigenvalue weighted by molar-refractivity contribution is -0.122. The zero-order valence-corrected chi connectivity index (χ0v) is 10.1. The van der Waals surface area contributed by atoms with Gasteiger partial charge in [-0.2, -0.15) is 0 Å². The van der Waals surface area contributed by atoms with Crippen LogP contribution in [-0.4, -0.2) is 35.1 Å². The number of aromatic nitrogens is 1. The van der Waals surface area contributed by atoms with E-state index in [2.05, 4.69) is 10.3 Å². The van der Waals surface area contributed by atoms with E-state index in [-0.39, 0.29) is 11.9 Å². The van der Waals surface area contributed by atoms with Crippen LogP contribution in [0, 0.1) is 0 Å². The van der Waals surface area contributed by atoms with Crippen LogP contribution in [0.1, 0.15) is 25.6 Å². The van der Waals surface area contributed by atoms with Crippen molar-refractivity contribution < 1.29 is 9.90 Å². The number of hydrogen-bond acceptors (Lipinski definition) is 4. The van der Waals surface area contributed by atoms with Crippen molar-refractivity contribution in [2.75, 3.05) is 18.0 Å². The molecule has 5 nitrogen and oxygen atoms in total. The Balaban J connectivity index is 2.19. The van der Waals surface area contributed by atoms with Crippen LogP contribution in [0.2, 0.25) is 0 Å². The van der Waals surface area contributed by atoms with Gasteiger partial charge < -0.3 is 15.3 Å². The van der Waals surface area contributed by atoms with Gasteiger partial charge in [0, 0.05) is 13.1 Å². The third-order valence-corrected chi connectivity index (χ3v) is 3.03. The second kappa shape index (κ2) is 4.71. The molecule has 92 valence electrons. The zero-order valence-electron chi connectivity index (χ0n) is 10.1. The number of anilines is 1. The number of aliphatic hydroxyl groups is 1. The molecule has 2 atom stereocenters. The first kappa shape index (κ1) is 11.9. The van der Waals surface area contributed by atoms with E-state index in [4.69, 9.17) is 0 Å². The maximum absolute atomic E-state index is 11.5. The van der Waals surface area contributed by atoms with Crippen molar-refractivity contribution in [1.82, 2.24) is 10.3 Å². The molecule has 1 aliphatic heterocycles. The third kappa shape index (κ3) is 2.39. The summed E-state index contributed by atoms with van der Waals surface area (Å²) in [5, 5.41) is 12.2. The highest BCUT2D eigenvalue weighted by Gasteiger charge is 2.25. The molecular formula is C12H17N3O2. The van der Waals surface area contributed by atoms with Crippen LogP contribution < -0.4 is 10.2 Å². The van der Waals surface area contributed by atoms with E-state index < -0.39 is 6.10 Å². The Labute approximate surface area is 100 Å². The molecule has 1 fully saturated rings. The quantitative estimate of drug-likeness (QED) is 0.781. The number of nitrogens with one attached hydrogen (secondary N) is 1. The molecule has 0 aromatic carbocycles. The largest absolute Gasteiger partial charge is 0.387 e. The molecule has 2 heterocycles. The number of piperazine rings is 1. The van der Waals surface area contributed by atoms with Crippen molar-refractivity contribution in [2.24, 2.45) is 0 Å². The van der Waals surface area contributed by atoms with Crippen LogP contribution in [0.25, 0.3) is 0 Å². The first-order chi connectivity index (χ1) is 8.09. The number of carbonyl (C=O) groups excluding carboxylic acids is 1. The van der Waals surface area contributed by atoms with E-state index in [9.17, 15) is 9.90 Å². The molecule has 1 aromatic rings. The smallest absolute Gasteiger partial charge is 0.242 e. The molecule has 0 bridgehead atoms. The highest BCUT2D eigenvalue weighted by atomic mass is 16.3. The molecule has 0 aliphatic carbocycles. The monoisotopic (exact) mass is 235 g/mol. The van der Waals surface area contributed by atoms with Gasteiger partial charge in [0.15, 0.2) is 0 Å². The SMILES string of the molecule is CC1C(=O)NCCN1c1ccc([C@H](C)O)nc1. The lowest BCUT2D eigenvalue weighted by Crippen LogP contribution is -2.54. The topological polar surface area (TPSA) is 65.5 Å². The van der Waals surface area contributed by atoms with Gasteiger partial charge in [-0.05, 0) is 26.0 Å². The van der Waals surface area contributed by atoms with Gasteiger partial charge in [0.2, 0.25) is 5.91 Å². The van der Waals surface area contributed by atoms with Crippen molar-refractivity contribution >= 4 is 11.6 Å². The van der Waals surface area contributed by atoms with Gasteiger partial charge in [-0.25, -0.2) is 0 Å². The Bertz CT molecular complexity index is 403.